The molecule has 19 heavy (non-hydrogen) atoms. The number of benzene rings is 1. The predicted octanol–water partition coefficient (Wildman–Crippen LogP) is 2.29. The van der Waals surface area contributed by atoms with E-state index in [1.165, 1.54) is 0 Å². The van der Waals surface area contributed by atoms with E-state index < -0.39 is 0 Å². The van der Waals surface area contributed by atoms with Gasteiger partial charge in [0.25, 0.3) is 0 Å². The molecular formula is C13H14N4OS. The normalized spacial score (nSPS) is 18.0. The number of aromatic nitrogens is 3. The third-order valence-corrected chi connectivity index (χ3v) is 4.26. The zero-order valence-electron chi connectivity index (χ0n) is 10.7. The van der Waals surface area contributed by atoms with Gasteiger partial charge in [-0.25, -0.2) is 0 Å². The van der Waals surface area contributed by atoms with E-state index in [1.54, 1.807) is 23.9 Å². The van der Waals surface area contributed by atoms with Gasteiger partial charge in [-0.1, -0.05) is 23.9 Å². The van der Waals surface area contributed by atoms with Crippen LogP contribution in [-0.4, -0.2) is 30.9 Å². The topological polar surface area (TPSA) is 63.3 Å². The second kappa shape index (κ2) is 4.70. The predicted molar refractivity (Wildman–Crippen MR) is 74.8 cm³/mol. The fourth-order valence-corrected chi connectivity index (χ4v) is 2.73. The van der Waals surface area contributed by atoms with Crippen LogP contribution in [0.15, 0.2) is 34.5 Å². The Bertz CT molecular complexity index is 633. The lowest BCUT2D eigenvalue weighted by Crippen LogP contribution is -2.18. The number of aromatic hydroxyl groups is 1. The zero-order valence-corrected chi connectivity index (χ0v) is 11.6. The van der Waals surface area contributed by atoms with Crippen molar-refractivity contribution in [1.29, 1.82) is 0 Å². The van der Waals surface area contributed by atoms with E-state index in [1.807, 2.05) is 23.7 Å². The molecule has 0 spiro atoms. The van der Waals surface area contributed by atoms with Crippen molar-refractivity contribution in [3.8, 4) is 5.75 Å². The smallest absolute Gasteiger partial charge is 0.212 e. The molecule has 0 bridgehead atoms. The molecule has 0 amide bonds. The summed E-state index contributed by atoms with van der Waals surface area (Å²) in [5.41, 5.74) is 2.15. The molecule has 2 heterocycles. The van der Waals surface area contributed by atoms with Crippen LogP contribution < -0.4 is 0 Å². The number of phenolic OH excluding ortho intramolecular Hbond substituents is 1. The number of phenols is 1. The van der Waals surface area contributed by atoms with Gasteiger partial charge in [-0.15, -0.1) is 10.2 Å². The van der Waals surface area contributed by atoms with Crippen LogP contribution in [0.5, 0.6) is 5.75 Å². The molecule has 5 nitrogen and oxygen atoms in total. The summed E-state index contributed by atoms with van der Waals surface area (Å²) in [5, 5.41) is 23.4. The third kappa shape index (κ3) is 2.35. The Labute approximate surface area is 115 Å². The molecule has 1 aromatic carbocycles. The van der Waals surface area contributed by atoms with E-state index in [0.717, 1.165) is 22.3 Å². The van der Waals surface area contributed by atoms with Crippen LogP contribution in [0, 0.1) is 0 Å². The molecule has 3 rings (SSSR count). The van der Waals surface area contributed by atoms with Crippen molar-refractivity contribution < 1.29 is 5.11 Å². The fraction of sp³-hybridized carbons (Fsp3) is 0.308. The van der Waals surface area contributed by atoms with Crippen molar-refractivity contribution in [1.82, 2.24) is 14.9 Å². The van der Waals surface area contributed by atoms with Crippen LogP contribution in [-0.2, 0) is 6.42 Å². The maximum absolute atomic E-state index is 9.28. The monoisotopic (exact) mass is 274 g/mol. The van der Waals surface area contributed by atoms with Crippen molar-refractivity contribution >= 4 is 17.5 Å². The molecule has 1 aliphatic rings. The van der Waals surface area contributed by atoms with Gasteiger partial charge in [0.1, 0.15) is 5.75 Å². The number of rotatable bonds is 2. The lowest BCUT2D eigenvalue weighted by molar-refractivity contribution is 0.475. The minimum absolute atomic E-state index is 0.269. The van der Waals surface area contributed by atoms with E-state index in [9.17, 15) is 5.11 Å². The zero-order chi connectivity index (χ0) is 13.4. The van der Waals surface area contributed by atoms with Gasteiger partial charge in [0.05, 0.1) is 0 Å². The van der Waals surface area contributed by atoms with Gasteiger partial charge in [-0.3, -0.25) is 0 Å². The number of fused-ring (bicyclic) bond motifs is 1. The Hall–Kier alpha value is -1.82. The molecule has 0 saturated carbocycles. The molecule has 0 fully saturated rings. The number of hydrogen-bond donors (Lipinski definition) is 1. The Kier molecular flexibility index (Phi) is 3.02. The number of nitrogens with zero attached hydrogens (tertiary/aromatic N) is 4. The maximum atomic E-state index is 9.28. The first-order valence-corrected chi connectivity index (χ1v) is 6.96. The van der Waals surface area contributed by atoms with Crippen molar-refractivity contribution in [2.24, 2.45) is 5.10 Å². The molecular weight excluding hydrogens is 260 g/mol. The first-order valence-electron chi connectivity index (χ1n) is 6.08. The standard InChI is InChI=1S/C13H14N4OS/c1-8-9(2)19-13-15-14-12(17(13)16-8)7-10-3-5-11(18)6-4-10/h3-6,9,18H,7H2,1-2H3. The van der Waals surface area contributed by atoms with Gasteiger partial charge < -0.3 is 5.11 Å². The summed E-state index contributed by atoms with van der Waals surface area (Å²) >= 11 is 1.67. The van der Waals surface area contributed by atoms with Gasteiger partial charge in [-0.05, 0) is 31.5 Å². The van der Waals surface area contributed by atoms with Gasteiger partial charge in [0.15, 0.2) is 5.82 Å². The summed E-state index contributed by atoms with van der Waals surface area (Å²) in [6.07, 6.45) is 0.652. The van der Waals surface area contributed by atoms with Crippen molar-refractivity contribution in [2.45, 2.75) is 30.7 Å². The minimum Gasteiger partial charge on any atom is -0.508 e. The van der Waals surface area contributed by atoms with Gasteiger partial charge >= 0.3 is 0 Å². The third-order valence-electron chi connectivity index (χ3n) is 3.10. The summed E-state index contributed by atoms with van der Waals surface area (Å²) in [7, 11) is 0. The molecule has 1 aliphatic heterocycles. The van der Waals surface area contributed by atoms with E-state index in [-0.39, 0.29) is 5.75 Å². The SMILES string of the molecule is CC1=Nn2c(Cc3ccc(O)cc3)nnc2SC1C. The van der Waals surface area contributed by atoms with Crippen LogP contribution in [0.25, 0.3) is 0 Å². The molecule has 1 unspecified atom stereocenters. The quantitative estimate of drug-likeness (QED) is 0.912. The highest BCUT2D eigenvalue weighted by Gasteiger charge is 2.22. The van der Waals surface area contributed by atoms with Crippen LogP contribution in [0.1, 0.15) is 25.2 Å². The number of thioether (sulfide) groups is 1. The molecule has 0 saturated heterocycles. The number of hydrogen-bond acceptors (Lipinski definition) is 5. The maximum Gasteiger partial charge on any atom is 0.212 e. The Morgan fingerprint density at radius 2 is 2.00 bits per heavy atom. The second-order valence-electron chi connectivity index (χ2n) is 4.56. The summed E-state index contributed by atoms with van der Waals surface area (Å²) in [5.74, 6) is 1.09. The average molecular weight is 274 g/mol. The Morgan fingerprint density at radius 3 is 2.74 bits per heavy atom. The molecule has 2 aromatic rings. The molecule has 1 N–H and O–H groups in total. The van der Waals surface area contributed by atoms with E-state index >= 15 is 0 Å². The highest BCUT2D eigenvalue weighted by molar-refractivity contribution is 8.00. The lowest BCUT2D eigenvalue weighted by Gasteiger charge is -2.16. The van der Waals surface area contributed by atoms with Gasteiger partial charge in [0, 0.05) is 17.4 Å². The van der Waals surface area contributed by atoms with E-state index in [2.05, 4.69) is 22.2 Å². The Balaban J connectivity index is 1.91. The average Bonchev–Trinajstić information content (AvgIpc) is 2.76. The summed E-state index contributed by atoms with van der Waals surface area (Å²) in [6, 6.07) is 7.11. The summed E-state index contributed by atoms with van der Waals surface area (Å²) < 4.78 is 1.81. The Morgan fingerprint density at radius 1 is 1.26 bits per heavy atom. The molecule has 1 aromatic heterocycles. The molecule has 98 valence electrons. The van der Waals surface area contributed by atoms with Gasteiger partial charge in [-0.2, -0.15) is 9.78 Å². The van der Waals surface area contributed by atoms with Gasteiger partial charge in [0.2, 0.25) is 5.16 Å². The summed E-state index contributed by atoms with van der Waals surface area (Å²) in [4.78, 5) is 0. The fourth-order valence-electron chi connectivity index (χ4n) is 1.86. The van der Waals surface area contributed by atoms with Crippen molar-refractivity contribution in [2.75, 3.05) is 0 Å². The lowest BCUT2D eigenvalue weighted by atomic mass is 10.1. The highest BCUT2D eigenvalue weighted by atomic mass is 32.2. The van der Waals surface area contributed by atoms with Crippen LogP contribution in [0.4, 0.5) is 0 Å². The highest BCUT2D eigenvalue weighted by Crippen LogP contribution is 2.28. The molecule has 0 radical (unpaired) electrons. The van der Waals surface area contributed by atoms with Crippen molar-refractivity contribution in [3.63, 3.8) is 0 Å². The van der Waals surface area contributed by atoms with Crippen LogP contribution in [0.2, 0.25) is 0 Å². The minimum atomic E-state index is 0.269. The first-order chi connectivity index (χ1) is 9.13. The molecule has 0 aliphatic carbocycles. The van der Waals surface area contributed by atoms with Crippen LogP contribution in [0.3, 0.4) is 0 Å². The van der Waals surface area contributed by atoms with E-state index in [4.69, 9.17) is 0 Å². The largest absolute Gasteiger partial charge is 0.508 e. The second-order valence-corrected chi connectivity index (χ2v) is 5.86. The summed E-state index contributed by atoms with van der Waals surface area (Å²) in [6.45, 7) is 4.13. The van der Waals surface area contributed by atoms with Crippen molar-refractivity contribution in [3.05, 3.63) is 35.7 Å². The molecule has 1 atom stereocenters. The van der Waals surface area contributed by atoms with E-state index in [0.29, 0.717) is 11.7 Å². The van der Waals surface area contributed by atoms with Crippen LogP contribution >= 0.6 is 11.8 Å². The first kappa shape index (κ1) is 12.2. The molecule has 6 heteroatoms.